The van der Waals surface area contributed by atoms with E-state index in [1.165, 1.54) is 12.8 Å². The minimum Gasteiger partial charge on any atom is -0.384 e. The van der Waals surface area contributed by atoms with Crippen molar-refractivity contribution in [2.24, 2.45) is 0 Å². The number of aliphatic hydroxyl groups excluding tert-OH is 1. The SMILES string of the molecule is O=C(NCc1ccc(Cl)cc1)c1cn(CCN2CCCC2)c2ccc(C#CCO)cc2c1=O. The first-order chi connectivity index (χ1) is 16.0. The van der Waals surface area contributed by atoms with Crippen molar-refractivity contribution in [3.63, 3.8) is 0 Å². The summed E-state index contributed by atoms with van der Waals surface area (Å²) in [5.41, 5.74) is 2.06. The molecule has 0 bridgehead atoms. The molecule has 0 saturated carbocycles. The largest absolute Gasteiger partial charge is 0.384 e. The molecule has 4 rings (SSSR count). The summed E-state index contributed by atoms with van der Waals surface area (Å²) in [6.45, 7) is 3.72. The molecule has 0 aliphatic carbocycles. The van der Waals surface area contributed by atoms with Crippen LogP contribution in [-0.4, -0.2) is 46.7 Å². The monoisotopic (exact) mass is 463 g/mol. The Hall–Kier alpha value is -3.11. The molecule has 1 aliphatic heterocycles. The van der Waals surface area contributed by atoms with Crippen molar-refractivity contribution in [2.75, 3.05) is 26.2 Å². The number of fused-ring (bicyclic) bond motifs is 1. The zero-order valence-electron chi connectivity index (χ0n) is 18.3. The second-order valence-electron chi connectivity index (χ2n) is 8.12. The Kier molecular flexibility index (Phi) is 7.46. The van der Waals surface area contributed by atoms with Crippen molar-refractivity contribution >= 4 is 28.4 Å². The molecular formula is C26H26ClN3O3. The van der Waals surface area contributed by atoms with E-state index < -0.39 is 5.91 Å². The van der Waals surface area contributed by atoms with Gasteiger partial charge in [0.05, 0.1) is 5.52 Å². The van der Waals surface area contributed by atoms with Crippen molar-refractivity contribution in [3.8, 4) is 11.8 Å². The molecule has 1 fully saturated rings. The van der Waals surface area contributed by atoms with E-state index in [9.17, 15) is 9.59 Å². The van der Waals surface area contributed by atoms with Crippen molar-refractivity contribution in [3.05, 3.63) is 80.6 Å². The fourth-order valence-corrected chi connectivity index (χ4v) is 4.22. The molecule has 0 unspecified atom stereocenters. The minimum absolute atomic E-state index is 0.102. The van der Waals surface area contributed by atoms with Crippen LogP contribution >= 0.6 is 11.6 Å². The number of carbonyl (C=O) groups is 1. The molecule has 6 nitrogen and oxygen atoms in total. The first-order valence-electron chi connectivity index (χ1n) is 11.1. The van der Waals surface area contributed by atoms with Crippen molar-refractivity contribution in [2.45, 2.75) is 25.9 Å². The third kappa shape index (κ3) is 5.63. The number of rotatable bonds is 6. The first kappa shape index (κ1) is 23.1. The summed E-state index contributed by atoms with van der Waals surface area (Å²) in [6, 6.07) is 12.6. The number of hydrogen-bond donors (Lipinski definition) is 2. The van der Waals surface area contributed by atoms with E-state index in [2.05, 4.69) is 22.1 Å². The topological polar surface area (TPSA) is 74.6 Å². The van der Waals surface area contributed by atoms with Gasteiger partial charge in [0.1, 0.15) is 12.2 Å². The molecule has 2 N–H and O–H groups in total. The Balaban J connectivity index is 1.66. The Labute approximate surface area is 197 Å². The van der Waals surface area contributed by atoms with Gasteiger partial charge in [-0.1, -0.05) is 35.6 Å². The number of nitrogens with zero attached hydrogens (tertiary/aromatic N) is 2. The van der Waals surface area contributed by atoms with Crippen LogP contribution in [0.4, 0.5) is 0 Å². The van der Waals surface area contributed by atoms with Gasteiger partial charge in [0, 0.05) is 41.8 Å². The lowest BCUT2D eigenvalue weighted by Gasteiger charge is -2.18. The quantitative estimate of drug-likeness (QED) is 0.551. The molecule has 1 amide bonds. The van der Waals surface area contributed by atoms with Crippen LogP contribution in [0, 0.1) is 11.8 Å². The first-order valence-corrected chi connectivity index (χ1v) is 11.4. The van der Waals surface area contributed by atoms with Crippen molar-refractivity contribution in [1.82, 2.24) is 14.8 Å². The summed E-state index contributed by atoms with van der Waals surface area (Å²) in [5, 5.41) is 12.9. The van der Waals surface area contributed by atoms with Gasteiger partial charge in [-0.05, 0) is 61.8 Å². The predicted molar refractivity (Wildman–Crippen MR) is 130 cm³/mol. The number of aromatic nitrogens is 1. The van der Waals surface area contributed by atoms with Crippen LogP contribution in [0.3, 0.4) is 0 Å². The molecule has 1 saturated heterocycles. The third-order valence-corrected chi connectivity index (χ3v) is 6.11. The van der Waals surface area contributed by atoms with Crippen LogP contribution in [-0.2, 0) is 13.1 Å². The summed E-state index contributed by atoms with van der Waals surface area (Å²) in [5.74, 6) is 5.03. The Morgan fingerprint density at radius 3 is 2.58 bits per heavy atom. The lowest BCUT2D eigenvalue weighted by molar-refractivity contribution is 0.0949. The van der Waals surface area contributed by atoms with Gasteiger partial charge in [-0.2, -0.15) is 0 Å². The fourth-order valence-electron chi connectivity index (χ4n) is 4.10. The number of hydrogen-bond acceptors (Lipinski definition) is 4. The normalized spacial score (nSPS) is 13.6. The Bertz CT molecular complexity index is 1270. The van der Waals surface area contributed by atoms with Gasteiger partial charge in [-0.25, -0.2) is 0 Å². The van der Waals surface area contributed by atoms with Crippen molar-refractivity contribution in [1.29, 1.82) is 0 Å². The van der Waals surface area contributed by atoms with E-state index >= 15 is 0 Å². The Morgan fingerprint density at radius 2 is 1.85 bits per heavy atom. The predicted octanol–water partition coefficient (Wildman–Crippen LogP) is 3.02. The van der Waals surface area contributed by atoms with Gasteiger partial charge >= 0.3 is 0 Å². The Morgan fingerprint density at radius 1 is 1.09 bits per heavy atom. The van der Waals surface area contributed by atoms with E-state index in [1.807, 2.05) is 28.8 Å². The molecule has 33 heavy (non-hydrogen) atoms. The maximum Gasteiger partial charge on any atom is 0.257 e. The number of halogens is 1. The van der Waals surface area contributed by atoms with E-state index in [4.69, 9.17) is 16.7 Å². The zero-order chi connectivity index (χ0) is 23.2. The van der Waals surface area contributed by atoms with Crippen LogP contribution in [0.2, 0.25) is 5.02 Å². The van der Waals surface area contributed by atoms with E-state index in [0.717, 1.165) is 30.7 Å². The highest BCUT2D eigenvalue weighted by Gasteiger charge is 2.17. The summed E-state index contributed by atoms with van der Waals surface area (Å²) >= 11 is 5.93. The average molecular weight is 464 g/mol. The number of carbonyl (C=O) groups excluding carboxylic acids is 1. The van der Waals surface area contributed by atoms with Crippen LogP contribution in [0.5, 0.6) is 0 Å². The fraction of sp³-hybridized carbons (Fsp3) is 0.308. The molecule has 0 spiro atoms. The second-order valence-corrected chi connectivity index (χ2v) is 8.55. The summed E-state index contributed by atoms with van der Waals surface area (Å²) in [7, 11) is 0. The minimum atomic E-state index is -0.418. The molecule has 2 aromatic carbocycles. The zero-order valence-corrected chi connectivity index (χ0v) is 19.1. The number of nitrogens with one attached hydrogen (secondary N) is 1. The highest BCUT2D eigenvalue weighted by molar-refractivity contribution is 6.30. The summed E-state index contributed by atoms with van der Waals surface area (Å²) in [6.07, 6.45) is 4.07. The van der Waals surface area contributed by atoms with Gasteiger partial charge in [-0.15, -0.1) is 0 Å². The van der Waals surface area contributed by atoms with Gasteiger partial charge in [0.25, 0.3) is 5.91 Å². The highest BCUT2D eigenvalue weighted by atomic mass is 35.5. The number of amides is 1. The molecule has 7 heteroatoms. The highest BCUT2D eigenvalue weighted by Crippen LogP contribution is 2.16. The maximum absolute atomic E-state index is 13.3. The number of benzene rings is 2. The third-order valence-electron chi connectivity index (χ3n) is 5.86. The lowest BCUT2D eigenvalue weighted by Crippen LogP contribution is -2.30. The molecule has 1 aliphatic rings. The van der Waals surface area contributed by atoms with Crippen LogP contribution in [0.15, 0.2) is 53.5 Å². The molecule has 170 valence electrons. The van der Waals surface area contributed by atoms with Crippen LogP contribution in [0.1, 0.15) is 34.3 Å². The maximum atomic E-state index is 13.3. The molecular weight excluding hydrogens is 438 g/mol. The number of likely N-dealkylation sites (tertiary alicyclic amines) is 1. The number of aliphatic hydroxyl groups is 1. The molecule has 1 aromatic heterocycles. The van der Waals surface area contributed by atoms with Gasteiger partial charge in [0.2, 0.25) is 5.43 Å². The van der Waals surface area contributed by atoms with E-state index in [-0.39, 0.29) is 17.6 Å². The molecule has 3 aromatic rings. The van der Waals surface area contributed by atoms with Crippen LogP contribution in [0.25, 0.3) is 10.9 Å². The van der Waals surface area contributed by atoms with Gasteiger partial charge in [0.15, 0.2) is 0 Å². The van der Waals surface area contributed by atoms with E-state index in [0.29, 0.717) is 29.1 Å². The second kappa shape index (κ2) is 10.7. The average Bonchev–Trinajstić information content (AvgIpc) is 3.35. The molecule has 0 radical (unpaired) electrons. The van der Waals surface area contributed by atoms with E-state index in [1.54, 1.807) is 24.4 Å². The lowest BCUT2D eigenvalue weighted by atomic mass is 10.1. The molecule has 2 heterocycles. The van der Waals surface area contributed by atoms with Gasteiger partial charge < -0.3 is 19.9 Å². The van der Waals surface area contributed by atoms with Crippen molar-refractivity contribution < 1.29 is 9.90 Å². The van der Waals surface area contributed by atoms with Crippen LogP contribution < -0.4 is 10.7 Å². The standard InChI is InChI=1S/C26H26ClN3O3/c27-21-8-5-20(6-9-21)17-28-26(33)23-18-30(14-13-29-11-1-2-12-29)24-10-7-19(4-3-15-31)16-22(24)25(23)32/h5-10,16,18,31H,1-2,11-15,17H2,(H,28,33). The number of pyridine rings is 1. The summed E-state index contributed by atoms with van der Waals surface area (Å²) in [4.78, 5) is 28.7. The van der Waals surface area contributed by atoms with Gasteiger partial charge in [-0.3, -0.25) is 9.59 Å². The molecule has 0 atom stereocenters. The summed E-state index contributed by atoms with van der Waals surface area (Å²) < 4.78 is 1.98. The smallest absolute Gasteiger partial charge is 0.257 e.